The van der Waals surface area contributed by atoms with Crippen molar-refractivity contribution in [2.24, 2.45) is 5.41 Å². The first-order valence-corrected chi connectivity index (χ1v) is 7.87. The first kappa shape index (κ1) is 14.9. The van der Waals surface area contributed by atoms with Crippen LogP contribution in [0.1, 0.15) is 43.7 Å². The van der Waals surface area contributed by atoms with Gasteiger partial charge in [-0.3, -0.25) is 4.79 Å². The third kappa shape index (κ3) is 2.01. The predicted molar refractivity (Wildman–Crippen MR) is 83.9 cm³/mol. The van der Waals surface area contributed by atoms with E-state index >= 15 is 0 Å². The van der Waals surface area contributed by atoms with Crippen molar-refractivity contribution >= 4 is 40.2 Å². The second kappa shape index (κ2) is 4.99. The Kier molecular flexibility index (Phi) is 3.53. The number of allylic oxidation sites excluding steroid dienone is 2. The lowest BCUT2D eigenvalue weighted by Gasteiger charge is -2.34. The smallest absolute Gasteiger partial charge is 0.174 e. The minimum atomic E-state index is -0.555. The maximum Gasteiger partial charge on any atom is 0.174 e. The van der Waals surface area contributed by atoms with Crippen LogP contribution < -0.4 is 5.73 Å². The standard InChI is InChI=1S/C16H16Cl2FNO/c1-2-4-16-5-3-11(21)14(18)12(16)8-6-10(19)15(20)13(17)9(8)7-16/h6H,2-5,7,20H2,1H3. The molecule has 2 nitrogen and oxygen atoms in total. The SMILES string of the molecule is CCCC12CCC(=O)C(Cl)=C1c1cc(F)c(N)c(Cl)c1C2. The monoisotopic (exact) mass is 327 g/mol. The van der Waals surface area contributed by atoms with Crippen LogP contribution in [0.3, 0.4) is 0 Å². The number of hydrogen-bond acceptors (Lipinski definition) is 2. The van der Waals surface area contributed by atoms with Crippen LogP contribution in [0.4, 0.5) is 10.1 Å². The number of Topliss-reactive ketones (excluding diaryl/α,β-unsaturated/α-hetero) is 1. The van der Waals surface area contributed by atoms with Crippen molar-refractivity contribution in [2.45, 2.75) is 39.0 Å². The molecule has 0 bridgehead atoms. The molecule has 0 aliphatic heterocycles. The number of nitrogen functional groups attached to an aromatic ring is 1. The van der Waals surface area contributed by atoms with Gasteiger partial charge in [0.25, 0.3) is 0 Å². The van der Waals surface area contributed by atoms with Crippen molar-refractivity contribution in [2.75, 3.05) is 5.73 Å². The van der Waals surface area contributed by atoms with E-state index in [0.29, 0.717) is 18.4 Å². The van der Waals surface area contributed by atoms with Gasteiger partial charge in [-0.2, -0.15) is 0 Å². The summed E-state index contributed by atoms with van der Waals surface area (Å²) in [6, 6.07) is 1.38. The minimum Gasteiger partial charge on any atom is -0.395 e. The van der Waals surface area contributed by atoms with E-state index in [-0.39, 0.29) is 26.9 Å². The lowest BCUT2D eigenvalue weighted by atomic mass is 9.70. The molecule has 1 atom stereocenters. The maximum absolute atomic E-state index is 14.0. The zero-order chi connectivity index (χ0) is 15.4. The Labute approximate surface area is 133 Å². The summed E-state index contributed by atoms with van der Waals surface area (Å²) < 4.78 is 14.0. The second-order valence-corrected chi connectivity index (χ2v) is 6.69. The Balaban J connectivity index is 2.30. The maximum atomic E-state index is 14.0. The molecule has 1 unspecified atom stereocenters. The highest BCUT2D eigenvalue weighted by Crippen LogP contribution is 2.58. The molecule has 2 aliphatic carbocycles. The molecule has 1 aromatic rings. The molecule has 0 spiro atoms. The minimum absolute atomic E-state index is 0.0243. The molecule has 0 radical (unpaired) electrons. The number of anilines is 1. The van der Waals surface area contributed by atoms with Crippen LogP contribution in [0.15, 0.2) is 11.1 Å². The van der Waals surface area contributed by atoms with E-state index in [1.165, 1.54) is 6.07 Å². The molecule has 0 saturated carbocycles. The van der Waals surface area contributed by atoms with E-state index in [1.807, 2.05) is 0 Å². The number of nitrogens with two attached hydrogens (primary N) is 1. The first-order valence-electron chi connectivity index (χ1n) is 7.11. The molecule has 0 saturated heterocycles. The van der Waals surface area contributed by atoms with Gasteiger partial charge < -0.3 is 5.73 Å². The Morgan fingerprint density at radius 3 is 2.81 bits per heavy atom. The number of hydrogen-bond donors (Lipinski definition) is 1. The summed E-state index contributed by atoms with van der Waals surface area (Å²) >= 11 is 12.5. The molecule has 0 heterocycles. The van der Waals surface area contributed by atoms with E-state index in [4.69, 9.17) is 28.9 Å². The summed E-state index contributed by atoms with van der Waals surface area (Å²) in [6.45, 7) is 2.09. The molecule has 2 N–H and O–H groups in total. The highest BCUT2D eigenvalue weighted by molar-refractivity contribution is 6.46. The molecule has 0 amide bonds. The average molecular weight is 328 g/mol. The van der Waals surface area contributed by atoms with Gasteiger partial charge in [0.15, 0.2) is 5.78 Å². The normalized spacial score (nSPS) is 24.3. The summed E-state index contributed by atoms with van der Waals surface area (Å²) in [5.41, 5.74) is 7.74. The van der Waals surface area contributed by atoms with Crippen molar-refractivity contribution in [1.82, 2.24) is 0 Å². The highest BCUT2D eigenvalue weighted by atomic mass is 35.5. The van der Waals surface area contributed by atoms with E-state index < -0.39 is 5.82 Å². The van der Waals surface area contributed by atoms with E-state index in [2.05, 4.69) is 6.92 Å². The van der Waals surface area contributed by atoms with E-state index in [9.17, 15) is 9.18 Å². The molecule has 21 heavy (non-hydrogen) atoms. The second-order valence-electron chi connectivity index (χ2n) is 5.93. The van der Waals surface area contributed by atoms with Crippen molar-refractivity contribution in [3.05, 3.63) is 33.1 Å². The third-order valence-corrected chi connectivity index (χ3v) is 5.52. The Morgan fingerprint density at radius 1 is 1.43 bits per heavy atom. The fraction of sp³-hybridized carbons (Fsp3) is 0.438. The van der Waals surface area contributed by atoms with Gasteiger partial charge in [-0.1, -0.05) is 36.5 Å². The molecular weight excluding hydrogens is 312 g/mol. The number of benzene rings is 1. The third-order valence-electron chi connectivity index (χ3n) is 4.69. The topological polar surface area (TPSA) is 43.1 Å². The molecule has 2 aliphatic rings. The predicted octanol–water partition coefficient (Wildman–Crippen LogP) is 4.72. The molecular formula is C16H16Cl2FNO. The van der Waals surface area contributed by atoms with Crippen LogP contribution in [0.2, 0.25) is 5.02 Å². The Hall–Kier alpha value is -1.06. The van der Waals surface area contributed by atoms with Crippen LogP contribution in [-0.2, 0) is 11.2 Å². The van der Waals surface area contributed by atoms with Crippen molar-refractivity contribution in [1.29, 1.82) is 0 Å². The summed E-state index contributed by atoms with van der Waals surface area (Å²) in [5, 5.41) is 0.507. The van der Waals surface area contributed by atoms with Gasteiger partial charge >= 0.3 is 0 Å². The van der Waals surface area contributed by atoms with Crippen LogP contribution in [0.5, 0.6) is 0 Å². The summed E-state index contributed by atoms with van der Waals surface area (Å²) in [7, 11) is 0. The van der Waals surface area contributed by atoms with Gasteiger partial charge in [-0.15, -0.1) is 0 Å². The number of carbonyl (C=O) groups is 1. The lowest BCUT2D eigenvalue weighted by Crippen LogP contribution is -2.27. The number of fused-ring (bicyclic) bond motifs is 3. The van der Waals surface area contributed by atoms with Crippen molar-refractivity contribution in [3.8, 4) is 0 Å². The molecule has 5 heteroatoms. The number of carbonyl (C=O) groups excluding carboxylic acids is 1. The zero-order valence-corrected chi connectivity index (χ0v) is 13.2. The quantitative estimate of drug-likeness (QED) is 0.799. The van der Waals surface area contributed by atoms with Crippen LogP contribution >= 0.6 is 23.2 Å². The molecule has 3 rings (SSSR count). The van der Waals surface area contributed by atoms with Crippen molar-refractivity contribution < 1.29 is 9.18 Å². The molecule has 0 aromatic heterocycles. The molecule has 0 fully saturated rings. The summed E-state index contributed by atoms with van der Waals surface area (Å²) in [6.07, 6.45) is 3.71. The van der Waals surface area contributed by atoms with Crippen LogP contribution in [-0.4, -0.2) is 5.78 Å². The fourth-order valence-electron chi connectivity index (χ4n) is 3.77. The van der Waals surface area contributed by atoms with Gasteiger partial charge in [-0.05, 0) is 42.0 Å². The highest BCUT2D eigenvalue weighted by Gasteiger charge is 2.47. The molecule has 1 aromatic carbocycles. The lowest BCUT2D eigenvalue weighted by molar-refractivity contribution is -0.115. The van der Waals surface area contributed by atoms with Gasteiger partial charge in [-0.25, -0.2) is 4.39 Å². The summed E-state index contributed by atoms with van der Waals surface area (Å²) in [5.74, 6) is -0.624. The summed E-state index contributed by atoms with van der Waals surface area (Å²) in [4.78, 5) is 12.0. The first-order chi connectivity index (χ1) is 9.91. The van der Waals surface area contributed by atoms with E-state index in [1.54, 1.807) is 0 Å². The van der Waals surface area contributed by atoms with Crippen molar-refractivity contribution in [3.63, 3.8) is 0 Å². The van der Waals surface area contributed by atoms with E-state index in [0.717, 1.165) is 30.4 Å². The Morgan fingerprint density at radius 2 is 2.14 bits per heavy atom. The van der Waals surface area contributed by atoms with Gasteiger partial charge in [0.2, 0.25) is 0 Å². The molecule has 112 valence electrons. The average Bonchev–Trinajstić information content (AvgIpc) is 2.77. The number of rotatable bonds is 2. The fourth-order valence-corrected chi connectivity index (χ4v) is 4.42. The van der Waals surface area contributed by atoms with Crippen LogP contribution in [0, 0.1) is 11.2 Å². The Bertz CT molecular complexity index is 683. The van der Waals surface area contributed by atoms with Gasteiger partial charge in [0, 0.05) is 11.8 Å². The van der Waals surface area contributed by atoms with Gasteiger partial charge in [0.1, 0.15) is 5.82 Å². The van der Waals surface area contributed by atoms with Crippen LogP contribution in [0.25, 0.3) is 5.57 Å². The number of halogens is 3. The zero-order valence-electron chi connectivity index (χ0n) is 11.7. The largest absolute Gasteiger partial charge is 0.395 e. The number of ketones is 1. The van der Waals surface area contributed by atoms with Gasteiger partial charge in [0.05, 0.1) is 15.7 Å².